The van der Waals surface area contributed by atoms with Crippen LogP contribution in [0.15, 0.2) is 32.9 Å². The SMILES string of the molecule is Br.CC(=O)OCC1(C)C=NC(c2cccnc2Br)=N1. The fraction of sp³-hybridized carbons (Fsp3) is 0.333. The van der Waals surface area contributed by atoms with E-state index in [1.807, 2.05) is 19.1 Å². The molecule has 1 aliphatic heterocycles. The fourth-order valence-corrected chi connectivity index (χ4v) is 1.93. The number of aliphatic imine (C=N–C) groups is 2. The third kappa shape index (κ3) is 3.94. The summed E-state index contributed by atoms with van der Waals surface area (Å²) >= 11 is 3.35. The van der Waals surface area contributed by atoms with Crippen LogP contribution in [-0.2, 0) is 9.53 Å². The predicted molar refractivity (Wildman–Crippen MR) is 82.3 cm³/mol. The molecule has 19 heavy (non-hydrogen) atoms. The molecule has 1 aromatic heterocycles. The van der Waals surface area contributed by atoms with Crippen molar-refractivity contribution < 1.29 is 9.53 Å². The van der Waals surface area contributed by atoms with E-state index in [4.69, 9.17) is 4.74 Å². The van der Waals surface area contributed by atoms with Crippen LogP contribution in [-0.4, -0.2) is 35.1 Å². The average Bonchev–Trinajstić information content (AvgIpc) is 2.71. The maximum absolute atomic E-state index is 10.8. The number of esters is 1. The molecule has 5 nitrogen and oxygen atoms in total. The van der Waals surface area contributed by atoms with Crippen LogP contribution in [0.3, 0.4) is 0 Å². The van der Waals surface area contributed by atoms with Gasteiger partial charge in [-0.15, -0.1) is 17.0 Å². The first-order valence-corrected chi connectivity index (χ1v) is 6.19. The van der Waals surface area contributed by atoms with Crippen molar-refractivity contribution in [1.29, 1.82) is 0 Å². The molecule has 0 aliphatic carbocycles. The first-order chi connectivity index (χ1) is 8.50. The lowest BCUT2D eigenvalue weighted by Crippen LogP contribution is -2.29. The van der Waals surface area contributed by atoms with Crippen LogP contribution in [0, 0.1) is 0 Å². The highest BCUT2D eigenvalue weighted by atomic mass is 79.9. The summed E-state index contributed by atoms with van der Waals surface area (Å²) < 4.78 is 5.67. The van der Waals surface area contributed by atoms with Crippen molar-refractivity contribution in [2.45, 2.75) is 19.4 Å². The predicted octanol–water partition coefficient (Wildman–Crippen LogP) is 2.57. The molecule has 0 N–H and O–H groups in total. The first-order valence-electron chi connectivity index (χ1n) is 5.39. The van der Waals surface area contributed by atoms with Crippen LogP contribution < -0.4 is 0 Å². The summed E-state index contributed by atoms with van der Waals surface area (Å²) in [5.74, 6) is 0.264. The number of aromatic nitrogens is 1. The lowest BCUT2D eigenvalue weighted by atomic mass is 10.1. The van der Waals surface area contributed by atoms with Crippen LogP contribution in [0.1, 0.15) is 19.4 Å². The van der Waals surface area contributed by atoms with Gasteiger partial charge in [0.15, 0.2) is 5.84 Å². The summed E-state index contributed by atoms with van der Waals surface area (Å²) in [6.45, 7) is 3.42. The Morgan fingerprint density at radius 3 is 2.89 bits per heavy atom. The summed E-state index contributed by atoms with van der Waals surface area (Å²) in [5, 5.41) is 0. The second-order valence-corrected chi connectivity index (χ2v) is 4.92. The summed E-state index contributed by atoms with van der Waals surface area (Å²) in [6, 6.07) is 3.70. The van der Waals surface area contributed by atoms with Crippen molar-refractivity contribution in [1.82, 2.24) is 4.98 Å². The molecule has 102 valence electrons. The van der Waals surface area contributed by atoms with Gasteiger partial charge in [0.2, 0.25) is 0 Å². The van der Waals surface area contributed by atoms with Crippen LogP contribution in [0.25, 0.3) is 0 Å². The van der Waals surface area contributed by atoms with Crippen LogP contribution in [0.4, 0.5) is 0 Å². The van der Waals surface area contributed by atoms with Gasteiger partial charge in [-0.25, -0.2) is 9.98 Å². The van der Waals surface area contributed by atoms with Crippen molar-refractivity contribution in [3.63, 3.8) is 0 Å². The molecule has 0 saturated carbocycles. The number of hydrogen-bond acceptors (Lipinski definition) is 5. The largest absolute Gasteiger partial charge is 0.463 e. The van der Waals surface area contributed by atoms with E-state index in [0.29, 0.717) is 10.4 Å². The Bertz CT molecular complexity index is 546. The highest BCUT2D eigenvalue weighted by Crippen LogP contribution is 2.21. The number of amidine groups is 1. The molecular weight excluding hydrogens is 378 g/mol. The quantitative estimate of drug-likeness (QED) is 0.588. The molecule has 2 rings (SSSR count). The third-order valence-corrected chi connectivity index (χ3v) is 3.03. The first kappa shape index (κ1) is 16.0. The molecule has 1 atom stereocenters. The van der Waals surface area contributed by atoms with E-state index in [1.54, 1.807) is 12.4 Å². The molecule has 0 spiro atoms. The minimum atomic E-state index is -0.601. The van der Waals surface area contributed by atoms with E-state index in [9.17, 15) is 4.79 Å². The van der Waals surface area contributed by atoms with Gasteiger partial charge < -0.3 is 4.74 Å². The molecule has 1 aromatic rings. The molecule has 0 saturated heterocycles. The number of pyridine rings is 1. The normalized spacial score (nSPS) is 20.7. The van der Waals surface area contributed by atoms with Gasteiger partial charge in [0.1, 0.15) is 16.7 Å². The molecular formula is C12H13Br2N3O2. The molecule has 0 aromatic carbocycles. The van der Waals surface area contributed by atoms with E-state index < -0.39 is 5.54 Å². The van der Waals surface area contributed by atoms with Gasteiger partial charge in [0.25, 0.3) is 0 Å². The Kier molecular flexibility index (Phi) is 5.37. The van der Waals surface area contributed by atoms with Gasteiger partial charge >= 0.3 is 5.97 Å². The van der Waals surface area contributed by atoms with E-state index >= 15 is 0 Å². The summed E-state index contributed by atoms with van der Waals surface area (Å²) in [7, 11) is 0. The number of carbonyl (C=O) groups is 1. The summed E-state index contributed by atoms with van der Waals surface area (Å²) in [6.07, 6.45) is 3.37. The van der Waals surface area contributed by atoms with Gasteiger partial charge in [-0.2, -0.15) is 0 Å². The molecule has 0 amide bonds. The van der Waals surface area contributed by atoms with Crippen LogP contribution in [0.2, 0.25) is 0 Å². The fourth-order valence-electron chi connectivity index (χ4n) is 1.50. The Morgan fingerprint density at radius 2 is 2.26 bits per heavy atom. The minimum absolute atomic E-state index is 0. The number of hydrogen-bond donors (Lipinski definition) is 0. The average molecular weight is 391 g/mol. The monoisotopic (exact) mass is 389 g/mol. The zero-order chi connectivity index (χ0) is 13.2. The molecule has 0 radical (unpaired) electrons. The maximum Gasteiger partial charge on any atom is 0.302 e. The van der Waals surface area contributed by atoms with Gasteiger partial charge in [0, 0.05) is 19.3 Å². The lowest BCUT2D eigenvalue weighted by Gasteiger charge is -2.15. The van der Waals surface area contributed by atoms with Crippen molar-refractivity contribution in [3.8, 4) is 0 Å². The highest BCUT2D eigenvalue weighted by Gasteiger charge is 2.29. The molecule has 2 heterocycles. The zero-order valence-corrected chi connectivity index (χ0v) is 13.8. The van der Waals surface area contributed by atoms with Crippen molar-refractivity contribution in [3.05, 3.63) is 28.5 Å². The van der Waals surface area contributed by atoms with E-state index in [-0.39, 0.29) is 29.6 Å². The molecule has 1 unspecified atom stereocenters. The van der Waals surface area contributed by atoms with E-state index in [0.717, 1.165) is 5.56 Å². The van der Waals surface area contributed by atoms with Crippen LogP contribution in [0.5, 0.6) is 0 Å². The Hall–Kier alpha value is -1.08. The second-order valence-electron chi connectivity index (χ2n) is 4.17. The number of ether oxygens (including phenoxy) is 1. The van der Waals surface area contributed by atoms with Crippen molar-refractivity contribution >= 4 is 50.9 Å². The van der Waals surface area contributed by atoms with Gasteiger partial charge in [-0.3, -0.25) is 9.79 Å². The van der Waals surface area contributed by atoms with Gasteiger partial charge in [-0.05, 0) is 35.0 Å². The third-order valence-electron chi connectivity index (χ3n) is 2.39. The Balaban J connectivity index is 0.00000180. The minimum Gasteiger partial charge on any atom is -0.463 e. The van der Waals surface area contributed by atoms with Crippen molar-refractivity contribution in [2.75, 3.05) is 6.61 Å². The Morgan fingerprint density at radius 1 is 1.53 bits per heavy atom. The summed E-state index contributed by atoms with van der Waals surface area (Å²) in [5.41, 5.74) is 0.219. The molecule has 1 aliphatic rings. The van der Waals surface area contributed by atoms with Gasteiger partial charge in [0.05, 0.1) is 5.56 Å². The molecule has 7 heteroatoms. The molecule has 0 fully saturated rings. The van der Waals surface area contributed by atoms with Gasteiger partial charge in [-0.1, -0.05) is 0 Å². The summed E-state index contributed by atoms with van der Waals surface area (Å²) in [4.78, 5) is 23.7. The maximum atomic E-state index is 10.8. The van der Waals surface area contributed by atoms with E-state index in [2.05, 4.69) is 30.9 Å². The Labute approximate surface area is 130 Å². The van der Waals surface area contributed by atoms with Crippen LogP contribution >= 0.6 is 32.9 Å². The topological polar surface area (TPSA) is 63.9 Å². The number of carbonyl (C=O) groups excluding carboxylic acids is 1. The molecule has 0 bridgehead atoms. The highest BCUT2D eigenvalue weighted by molar-refractivity contribution is 9.10. The number of nitrogens with zero attached hydrogens (tertiary/aromatic N) is 3. The standard InChI is InChI=1S/C12H12BrN3O2.BrH/c1-8(17)18-7-12(2)6-15-11(16-12)9-4-3-5-14-10(9)13;/h3-6H,7H2,1-2H3;1H. The van der Waals surface area contributed by atoms with E-state index in [1.165, 1.54) is 6.92 Å². The number of halogens is 2. The smallest absolute Gasteiger partial charge is 0.302 e. The number of rotatable bonds is 3. The van der Waals surface area contributed by atoms with Crippen molar-refractivity contribution in [2.24, 2.45) is 9.98 Å². The second kappa shape index (κ2) is 6.38. The lowest BCUT2D eigenvalue weighted by molar-refractivity contribution is -0.141. The zero-order valence-electron chi connectivity index (χ0n) is 10.5.